The predicted octanol–water partition coefficient (Wildman–Crippen LogP) is 3.47. The van der Waals surface area contributed by atoms with Gasteiger partial charge in [0.1, 0.15) is 0 Å². The molecular formula is C13H21NO2. The van der Waals surface area contributed by atoms with E-state index < -0.39 is 0 Å². The highest BCUT2D eigenvalue weighted by atomic mass is 16.3. The highest BCUT2D eigenvalue weighted by Gasteiger charge is 2.26. The molecule has 90 valence electrons. The fraction of sp³-hybridized carbons (Fsp3) is 0.538. The minimum Gasteiger partial charge on any atom is -0.494 e. The molecule has 0 saturated carbocycles. The molecule has 0 unspecified atom stereocenters. The van der Waals surface area contributed by atoms with Gasteiger partial charge in [0.25, 0.3) is 0 Å². The van der Waals surface area contributed by atoms with Crippen LogP contribution in [0.2, 0.25) is 0 Å². The van der Waals surface area contributed by atoms with Crippen molar-refractivity contribution < 1.29 is 10.2 Å². The third-order valence-corrected chi connectivity index (χ3v) is 3.28. The molecule has 16 heavy (non-hydrogen) atoms. The Labute approximate surface area is 97.0 Å². The highest BCUT2D eigenvalue weighted by molar-refractivity contribution is 5.69. The average molecular weight is 223 g/mol. The van der Waals surface area contributed by atoms with Crippen LogP contribution in [0.25, 0.3) is 5.57 Å². The lowest BCUT2D eigenvalue weighted by molar-refractivity contribution is 0.258. The van der Waals surface area contributed by atoms with Crippen LogP contribution in [0, 0.1) is 0 Å². The number of hydrogen-bond donors (Lipinski definition) is 2. The Morgan fingerprint density at radius 2 is 2.00 bits per heavy atom. The van der Waals surface area contributed by atoms with Crippen LogP contribution in [0.3, 0.4) is 0 Å². The van der Waals surface area contributed by atoms with E-state index >= 15 is 0 Å². The third kappa shape index (κ3) is 1.94. The number of aromatic hydroxyl groups is 2. The van der Waals surface area contributed by atoms with Gasteiger partial charge < -0.3 is 10.2 Å². The van der Waals surface area contributed by atoms with Crippen LogP contribution in [0.5, 0.6) is 11.8 Å². The first kappa shape index (κ1) is 12.7. The Bertz CT molecular complexity index is 414. The summed E-state index contributed by atoms with van der Waals surface area (Å²) in [5.74, 6) is 0.250. The quantitative estimate of drug-likeness (QED) is 0.824. The summed E-state index contributed by atoms with van der Waals surface area (Å²) in [6.07, 6.45) is 2.74. The minimum atomic E-state index is -0.291. The van der Waals surface area contributed by atoms with Crippen molar-refractivity contribution in [3.63, 3.8) is 0 Å². The summed E-state index contributed by atoms with van der Waals surface area (Å²) in [6, 6.07) is 1.61. The molecular weight excluding hydrogens is 202 g/mol. The van der Waals surface area contributed by atoms with Crippen molar-refractivity contribution in [2.75, 3.05) is 0 Å². The second-order valence-corrected chi connectivity index (χ2v) is 4.71. The van der Waals surface area contributed by atoms with Gasteiger partial charge in [0.2, 0.25) is 5.88 Å². The van der Waals surface area contributed by atoms with Gasteiger partial charge >= 0.3 is 0 Å². The molecule has 1 rings (SSSR count). The summed E-state index contributed by atoms with van der Waals surface area (Å²) in [5.41, 5.74) is 1.36. The fourth-order valence-corrected chi connectivity index (χ4v) is 1.69. The topological polar surface area (TPSA) is 45.4 Å². The van der Waals surface area contributed by atoms with Crippen molar-refractivity contribution in [2.24, 2.45) is 0 Å². The van der Waals surface area contributed by atoms with Crippen LogP contribution >= 0.6 is 0 Å². The second kappa shape index (κ2) is 4.24. The lowest BCUT2D eigenvalue weighted by Crippen LogP contribution is -2.24. The molecule has 3 nitrogen and oxygen atoms in total. The van der Waals surface area contributed by atoms with Gasteiger partial charge in [-0.3, -0.25) is 4.57 Å². The first-order valence-corrected chi connectivity index (χ1v) is 5.62. The van der Waals surface area contributed by atoms with Crippen LogP contribution in [0.1, 0.15) is 46.6 Å². The molecule has 0 atom stereocenters. The average Bonchev–Trinajstić information content (AvgIpc) is 2.53. The molecule has 0 aromatic carbocycles. The van der Waals surface area contributed by atoms with E-state index in [9.17, 15) is 10.2 Å². The molecule has 1 heterocycles. The summed E-state index contributed by atoms with van der Waals surface area (Å²) in [6.45, 7) is 9.83. The van der Waals surface area contributed by atoms with E-state index in [1.807, 2.05) is 40.7 Å². The SMILES string of the molecule is CC=C(C)c1cc(O)n(C(C)(C)CC)c1O. The molecule has 0 fully saturated rings. The van der Waals surface area contributed by atoms with Crippen molar-refractivity contribution in [1.29, 1.82) is 0 Å². The van der Waals surface area contributed by atoms with Gasteiger partial charge in [0.15, 0.2) is 5.88 Å². The van der Waals surface area contributed by atoms with Crippen molar-refractivity contribution in [1.82, 2.24) is 4.57 Å². The molecule has 0 radical (unpaired) electrons. The molecule has 0 aliphatic rings. The van der Waals surface area contributed by atoms with Crippen LogP contribution in [0.15, 0.2) is 12.1 Å². The Kier molecular flexibility index (Phi) is 3.36. The van der Waals surface area contributed by atoms with Gasteiger partial charge in [-0.15, -0.1) is 0 Å². The third-order valence-electron chi connectivity index (χ3n) is 3.28. The second-order valence-electron chi connectivity index (χ2n) is 4.71. The first-order valence-electron chi connectivity index (χ1n) is 5.62. The normalized spacial score (nSPS) is 13.2. The maximum absolute atomic E-state index is 10.1. The van der Waals surface area contributed by atoms with Gasteiger partial charge in [-0.05, 0) is 39.7 Å². The Balaban J connectivity index is 3.39. The molecule has 1 aromatic rings. The van der Waals surface area contributed by atoms with Gasteiger partial charge in [-0.2, -0.15) is 0 Å². The van der Waals surface area contributed by atoms with Gasteiger partial charge in [0, 0.05) is 17.2 Å². The Morgan fingerprint density at radius 1 is 1.44 bits per heavy atom. The van der Waals surface area contributed by atoms with Crippen LogP contribution in [0.4, 0.5) is 0 Å². The molecule has 0 bridgehead atoms. The van der Waals surface area contributed by atoms with Crippen molar-refractivity contribution in [3.05, 3.63) is 17.7 Å². The van der Waals surface area contributed by atoms with Crippen LogP contribution in [-0.2, 0) is 5.54 Å². The molecule has 0 aliphatic carbocycles. The van der Waals surface area contributed by atoms with Crippen molar-refractivity contribution in [2.45, 2.75) is 46.6 Å². The number of nitrogens with zero attached hydrogens (tertiary/aromatic N) is 1. The molecule has 3 heteroatoms. The molecule has 0 spiro atoms. The molecule has 0 amide bonds. The van der Waals surface area contributed by atoms with Crippen LogP contribution < -0.4 is 0 Å². The molecule has 1 aromatic heterocycles. The van der Waals surface area contributed by atoms with Gasteiger partial charge in [0.05, 0.1) is 0 Å². The molecule has 0 saturated heterocycles. The highest BCUT2D eigenvalue weighted by Crippen LogP contribution is 2.38. The lowest BCUT2D eigenvalue weighted by Gasteiger charge is -2.26. The molecule has 0 aliphatic heterocycles. The standard InChI is InChI=1S/C13H21NO2/c1-6-9(3)10-8-11(15)14(12(10)16)13(4,5)7-2/h6,8,15-16H,7H2,1-5H3. The number of allylic oxidation sites excluding steroid dienone is 2. The van der Waals surface area contributed by atoms with Crippen LogP contribution in [-0.4, -0.2) is 14.8 Å². The van der Waals surface area contributed by atoms with E-state index in [-0.39, 0.29) is 17.3 Å². The smallest absolute Gasteiger partial charge is 0.202 e. The zero-order chi connectivity index (χ0) is 12.5. The summed E-state index contributed by atoms with van der Waals surface area (Å²) in [4.78, 5) is 0. The Morgan fingerprint density at radius 3 is 2.44 bits per heavy atom. The van der Waals surface area contributed by atoms with E-state index in [4.69, 9.17) is 0 Å². The predicted molar refractivity (Wildman–Crippen MR) is 66.7 cm³/mol. The number of aromatic nitrogens is 1. The maximum atomic E-state index is 10.1. The van der Waals surface area contributed by atoms with E-state index in [0.717, 1.165) is 12.0 Å². The largest absolute Gasteiger partial charge is 0.494 e. The maximum Gasteiger partial charge on any atom is 0.202 e. The zero-order valence-corrected chi connectivity index (χ0v) is 10.7. The van der Waals surface area contributed by atoms with Crippen molar-refractivity contribution >= 4 is 5.57 Å². The monoisotopic (exact) mass is 223 g/mol. The fourth-order valence-electron chi connectivity index (χ4n) is 1.69. The number of rotatable bonds is 3. The van der Waals surface area contributed by atoms with E-state index in [1.165, 1.54) is 0 Å². The molecule has 2 N–H and O–H groups in total. The lowest BCUT2D eigenvalue weighted by atomic mass is 10.0. The van der Waals surface area contributed by atoms with E-state index in [2.05, 4.69) is 0 Å². The summed E-state index contributed by atoms with van der Waals surface area (Å²) in [7, 11) is 0. The summed E-state index contributed by atoms with van der Waals surface area (Å²) >= 11 is 0. The van der Waals surface area contributed by atoms with Gasteiger partial charge in [-0.1, -0.05) is 13.0 Å². The van der Waals surface area contributed by atoms with Crippen molar-refractivity contribution in [3.8, 4) is 11.8 Å². The zero-order valence-electron chi connectivity index (χ0n) is 10.7. The summed E-state index contributed by atoms with van der Waals surface area (Å²) < 4.78 is 1.58. The van der Waals surface area contributed by atoms with Gasteiger partial charge in [-0.25, -0.2) is 0 Å². The Hall–Kier alpha value is -1.38. The van der Waals surface area contributed by atoms with E-state index in [0.29, 0.717) is 5.56 Å². The summed E-state index contributed by atoms with van der Waals surface area (Å²) in [5, 5.41) is 20.0. The minimum absolute atomic E-state index is 0.112. The number of hydrogen-bond acceptors (Lipinski definition) is 2. The van der Waals surface area contributed by atoms with E-state index in [1.54, 1.807) is 10.6 Å². The first-order chi connectivity index (χ1) is 7.35.